The summed E-state index contributed by atoms with van der Waals surface area (Å²) >= 11 is 6.04. The Morgan fingerprint density at radius 2 is 2.22 bits per heavy atom. The van der Waals surface area contributed by atoms with Gasteiger partial charge in [-0.15, -0.1) is 0 Å². The van der Waals surface area contributed by atoms with Crippen molar-refractivity contribution in [1.82, 2.24) is 4.90 Å². The number of nitrogens with zero attached hydrogens (tertiary/aromatic N) is 1. The van der Waals surface area contributed by atoms with Gasteiger partial charge in [0.05, 0.1) is 6.10 Å². The Kier molecular flexibility index (Phi) is 6.42. The lowest BCUT2D eigenvalue weighted by molar-refractivity contribution is -0.130. The van der Waals surface area contributed by atoms with E-state index < -0.39 is 0 Å². The third-order valence-corrected chi connectivity index (χ3v) is 4.45. The van der Waals surface area contributed by atoms with Crippen LogP contribution in [0, 0.1) is 6.92 Å². The molecule has 0 aliphatic carbocycles. The monoisotopic (exact) mass is 338 g/mol. The highest BCUT2D eigenvalue weighted by Crippen LogP contribution is 2.23. The van der Waals surface area contributed by atoms with Crippen molar-refractivity contribution in [3.63, 3.8) is 0 Å². The molecule has 0 aromatic heterocycles. The van der Waals surface area contributed by atoms with Gasteiger partial charge >= 0.3 is 0 Å². The number of hydrogen-bond acceptors (Lipinski definition) is 3. The van der Waals surface area contributed by atoms with E-state index in [4.69, 9.17) is 16.3 Å². The van der Waals surface area contributed by atoms with E-state index in [2.05, 4.69) is 5.32 Å². The predicted molar refractivity (Wildman–Crippen MR) is 90.7 cm³/mol. The molecule has 1 aliphatic rings. The van der Waals surface area contributed by atoms with Crippen molar-refractivity contribution in [2.45, 2.75) is 39.2 Å². The van der Waals surface area contributed by atoms with Crippen LogP contribution in [0.25, 0.3) is 0 Å². The van der Waals surface area contributed by atoms with E-state index in [1.165, 1.54) is 6.92 Å². The second kappa shape index (κ2) is 8.31. The summed E-state index contributed by atoms with van der Waals surface area (Å²) in [6.45, 7) is 5.08. The van der Waals surface area contributed by atoms with E-state index in [9.17, 15) is 9.59 Å². The second-order valence-corrected chi connectivity index (χ2v) is 6.22. The van der Waals surface area contributed by atoms with Crippen LogP contribution in [0.5, 0.6) is 0 Å². The van der Waals surface area contributed by atoms with Gasteiger partial charge in [0.15, 0.2) is 0 Å². The summed E-state index contributed by atoms with van der Waals surface area (Å²) in [5, 5.41) is 3.46. The van der Waals surface area contributed by atoms with Gasteiger partial charge in [-0.1, -0.05) is 17.7 Å². The zero-order valence-corrected chi connectivity index (χ0v) is 14.4. The Hall–Kier alpha value is -1.59. The van der Waals surface area contributed by atoms with Crippen molar-refractivity contribution in [1.29, 1.82) is 0 Å². The van der Waals surface area contributed by atoms with Crippen molar-refractivity contribution < 1.29 is 14.3 Å². The van der Waals surface area contributed by atoms with Crippen LogP contribution in [0.3, 0.4) is 0 Å². The van der Waals surface area contributed by atoms with Gasteiger partial charge in [0.25, 0.3) is 0 Å². The second-order valence-electron chi connectivity index (χ2n) is 5.81. The normalized spacial score (nSPS) is 17.1. The van der Waals surface area contributed by atoms with Crippen molar-refractivity contribution in [2.75, 3.05) is 25.0 Å². The van der Waals surface area contributed by atoms with Gasteiger partial charge < -0.3 is 15.0 Å². The van der Waals surface area contributed by atoms with E-state index >= 15 is 0 Å². The van der Waals surface area contributed by atoms with Crippen LogP contribution >= 0.6 is 11.6 Å². The minimum atomic E-state index is -0.131. The van der Waals surface area contributed by atoms with E-state index in [1.54, 1.807) is 17.0 Å². The summed E-state index contributed by atoms with van der Waals surface area (Å²) in [5.41, 5.74) is 1.54. The van der Waals surface area contributed by atoms with Gasteiger partial charge in [0.2, 0.25) is 11.8 Å². The van der Waals surface area contributed by atoms with Gasteiger partial charge in [-0.3, -0.25) is 9.59 Å². The molecule has 6 heteroatoms. The quantitative estimate of drug-likeness (QED) is 0.867. The minimum Gasteiger partial charge on any atom is -0.376 e. The Morgan fingerprint density at radius 3 is 2.87 bits per heavy atom. The van der Waals surface area contributed by atoms with E-state index in [1.807, 2.05) is 13.0 Å². The Morgan fingerprint density at radius 1 is 1.43 bits per heavy atom. The molecule has 2 amide bonds. The van der Waals surface area contributed by atoms with Crippen LogP contribution in [0.4, 0.5) is 5.69 Å². The molecule has 1 aromatic carbocycles. The number of rotatable bonds is 6. The van der Waals surface area contributed by atoms with E-state index in [0.29, 0.717) is 23.8 Å². The first-order chi connectivity index (χ1) is 11.0. The molecule has 23 heavy (non-hydrogen) atoms. The molecule has 1 saturated heterocycles. The molecule has 0 bridgehead atoms. The van der Waals surface area contributed by atoms with Gasteiger partial charge in [0, 0.05) is 43.8 Å². The van der Waals surface area contributed by atoms with Crippen molar-refractivity contribution in [3.8, 4) is 0 Å². The fourth-order valence-corrected chi connectivity index (χ4v) is 2.78. The van der Waals surface area contributed by atoms with Crippen LogP contribution in [-0.4, -0.2) is 42.5 Å². The Bertz CT molecular complexity index is 571. The van der Waals surface area contributed by atoms with E-state index in [0.717, 1.165) is 25.0 Å². The summed E-state index contributed by atoms with van der Waals surface area (Å²) in [6, 6.07) is 5.39. The third-order valence-electron chi connectivity index (χ3n) is 4.04. The molecule has 2 rings (SSSR count). The third kappa shape index (κ3) is 5.22. The van der Waals surface area contributed by atoms with Crippen LogP contribution in [0.1, 0.15) is 31.7 Å². The molecule has 1 aromatic rings. The SMILES string of the molecule is CC(=O)N(CCC(=O)Nc1cccc(Cl)c1C)CC1CCCO1. The average molecular weight is 339 g/mol. The van der Waals surface area contributed by atoms with E-state index in [-0.39, 0.29) is 24.3 Å². The maximum Gasteiger partial charge on any atom is 0.226 e. The molecular weight excluding hydrogens is 316 g/mol. The maximum absolute atomic E-state index is 12.1. The van der Waals surface area contributed by atoms with Crippen LogP contribution in [0.15, 0.2) is 18.2 Å². The van der Waals surface area contributed by atoms with Crippen LogP contribution in [0.2, 0.25) is 5.02 Å². The maximum atomic E-state index is 12.1. The number of carbonyl (C=O) groups is 2. The standard InChI is InChI=1S/C17H23ClN2O3/c1-12-15(18)6-3-7-16(12)19-17(22)8-9-20(13(2)21)11-14-5-4-10-23-14/h3,6-7,14H,4-5,8-11H2,1-2H3,(H,19,22). The Labute approximate surface area is 141 Å². The molecule has 126 valence electrons. The number of nitrogens with one attached hydrogen (secondary N) is 1. The molecule has 5 nitrogen and oxygen atoms in total. The summed E-state index contributed by atoms with van der Waals surface area (Å²) in [6.07, 6.45) is 2.35. The van der Waals surface area contributed by atoms with Gasteiger partial charge in [-0.2, -0.15) is 0 Å². The Balaban J connectivity index is 1.85. The number of hydrogen-bond donors (Lipinski definition) is 1. The first-order valence-electron chi connectivity index (χ1n) is 7.89. The lowest BCUT2D eigenvalue weighted by Gasteiger charge is -2.24. The highest BCUT2D eigenvalue weighted by atomic mass is 35.5. The zero-order valence-electron chi connectivity index (χ0n) is 13.6. The molecule has 1 N–H and O–H groups in total. The van der Waals surface area contributed by atoms with Crippen molar-refractivity contribution in [2.24, 2.45) is 0 Å². The number of benzene rings is 1. The minimum absolute atomic E-state index is 0.0350. The molecule has 1 aliphatic heterocycles. The van der Waals surface area contributed by atoms with Crippen LogP contribution < -0.4 is 5.32 Å². The summed E-state index contributed by atoms with van der Waals surface area (Å²) in [5.74, 6) is -0.166. The van der Waals surface area contributed by atoms with Crippen molar-refractivity contribution in [3.05, 3.63) is 28.8 Å². The topological polar surface area (TPSA) is 58.6 Å². The van der Waals surface area contributed by atoms with Gasteiger partial charge in [-0.25, -0.2) is 0 Å². The molecular formula is C17H23ClN2O3. The summed E-state index contributed by atoms with van der Waals surface area (Å²) in [7, 11) is 0. The number of amides is 2. The predicted octanol–water partition coefficient (Wildman–Crippen LogP) is 3.00. The number of ether oxygens (including phenoxy) is 1. The smallest absolute Gasteiger partial charge is 0.226 e. The fraction of sp³-hybridized carbons (Fsp3) is 0.529. The summed E-state index contributed by atoms with van der Waals surface area (Å²) in [4.78, 5) is 25.5. The van der Waals surface area contributed by atoms with Crippen LogP contribution in [-0.2, 0) is 14.3 Å². The highest BCUT2D eigenvalue weighted by Gasteiger charge is 2.21. The molecule has 1 atom stereocenters. The fourth-order valence-electron chi connectivity index (χ4n) is 2.60. The number of anilines is 1. The first-order valence-corrected chi connectivity index (χ1v) is 8.27. The molecule has 0 saturated carbocycles. The molecule has 1 heterocycles. The average Bonchev–Trinajstić information content (AvgIpc) is 3.01. The molecule has 0 spiro atoms. The lowest BCUT2D eigenvalue weighted by atomic mass is 10.2. The first kappa shape index (κ1) is 17.8. The summed E-state index contributed by atoms with van der Waals surface area (Å²) < 4.78 is 5.56. The molecule has 1 unspecified atom stereocenters. The largest absolute Gasteiger partial charge is 0.376 e. The highest BCUT2D eigenvalue weighted by molar-refractivity contribution is 6.31. The number of halogens is 1. The molecule has 1 fully saturated rings. The van der Waals surface area contributed by atoms with Gasteiger partial charge in [-0.05, 0) is 37.5 Å². The lowest BCUT2D eigenvalue weighted by Crippen LogP contribution is -2.37. The zero-order chi connectivity index (χ0) is 16.8. The molecule has 0 radical (unpaired) electrons. The van der Waals surface area contributed by atoms with Gasteiger partial charge in [0.1, 0.15) is 0 Å². The van der Waals surface area contributed by atoms with Crippen molar-refractivity contribution >= 4 is 29.1 Å². The number of carbonyl (C=O) groups excluding carboxylic acids is 2.